The average molecular weight is 330 g/mol. The van der Waals surface area contributed by atoms with E-state index >= 15 is 0 Å². The number of hydrogen-bond donors (Lipinski definition) is 1. The van der Waals surface area contributed by atoms with Crippen LogP contribution >= 0.6 is 0 Å². The molecule has 0 aliphatic carbocycles. The minimum Gasteiger partial charge on any atom is -0.444 e. The van der Waals surface area contributed by atoms with Crippen molar-refractivity contribution in [2.45, 2.75) is 52.1 Å². The van der Waals surface area contributed by atoms with Crippen LogP contribution in [-0.2, 0) is 11.2 Å². The molecular formula is C16H21F3N2O2. The number of halogens is 3. The molecule has 1 aromatic carbocycles. The topological polar surface area (TPSA) is 41.6 Å². The van der Waals surface area contributed by atoms with Crippen molar-refractivity contribution in [3.05, 3.63) is 29.3 Å². The van der Waals surface area contributed by atoms with E-state index in [0.717, 1.165) is 0 Å². The maximum absolute atomic E-state index is 12.6. The van der Waals surface area contributed by atoms with Crippen molar-refractivity contribution < 1.29 is 22.7 Å². The number of carbonyl (C=O) groups is 1. The van der Waals surface area contributed by atoms with Crippen LogP contribution in [0.1, 0.15) is 44.9 Å². The van der Waals surface area contributed by atoms with Gasteiger partial charge in [0.15, 0.2) is 0 Å². The van der Waals surface area contributed by atoms with E-state index in [1.807, 2.05) is 0 Å². The number of anilines is 1. The number of nitrogens with zero attached hydrogens (tertiary/aromatic N) is 1. The largest absolute Gasteiger partial charge is 0.482 e. The van der Waals surface area contributed by atoms with Gasteiger partial charge in [-0.15, -0.1) is 0 Å². The molecular weight excluding hydrogens is 309 g/mol. The lowest BCUT2D eigenvalue weighted by Gasteiger charge is -2.37. The van der Waals surface area contributed by atoms with Gasteiger partial charge in [-0.25, -0.2) is 4.79 Å². The van der Waals surface area contributed by atoms with Gasteiger partial charge in [0.05, 0.1) is 6.04 Å². The third-order valence-corrected chi connectivity index (χ3v) is 3.64. The molecule has 1 heterocycles. The van der Waals surface area contributed by atoms with Crippen LogP contribution in [0.4, 0.5) is 23.7 Å². The first kappa shape index (κ1) is 17.4. The first-order valence-electron chi connectivity index (χ1n) is 7.44. The molecule has 1 amide bonds. The highest BCUT2D eigenvalue weighted by atomic mass is 19.4. The fourth-order valence-electron chi connectivity index (χ4n) is 2.71. The molecule has 0 radical (unpaired) electrons. The van der Waals surface area contributed by atoms with E-state index in [-0.39, 0.29) is 11.7 Å². The van der Waals surface area contributed by atoms with Gasteiger partial charge in [0.2, 0.25) is 0 Å². The monoisotopic (exact) mass is 330 g/mol. The van der Waals surface area contributed by atoms with Gasteiger partial charge in [-0.1, -0.05) is 12.1 Å². The lowest BCUT2D eigenvalue weighted by Crippen LogP contribution is -2.42. The van der Waals surface area contributed by atoms with E-state index in [1.165, 1.54) is 6.07 Å². The quantitative estimate of drug-likeness (QED) is 0.772. The molecule has 0 spiro atoms. The maximum atomic E-state index is 12.6. The Morgan fingerprint density at radius 2 is 1.96 bits per heavy atom. The molecule has 0 bridgehead atoms. The van der Waals surface area contributed by atoms with Crippen molar-refractivity contribution in [3.63, 3.8) is 0 Å². The van der Waals surface area contributed by atoms with Crippen molar-refractivity contribution in [3.8, 4) is 0 Å². The zero-order valence-electron chi connectivity index (χ0n) is 13.6. The SMILES string of the molecule is C[C@H]1c2cccc(NC(F)(F)F)c2CCN1C(=O)OC(C)(C)C. The van der Waals surface area contributed by atoms with Crippen molar-refractivity contribution in [2.24, 2.45) is 0 Å². The molecule has 0 fully saturated rings. The maximum Gasteiger partial charge on any atom is 0.482 e. The summed E-state index contributed by atoms with van der Waals surface area (Å²) < 4.78 is 43.2. The molecule has 1 aromatic rings. The predicted octanol–water partition coefficient (Wildman–Crippen LogP) is 4.47. The Morgan fingerprint density at radius 1 is 1.30 bits per heavy atom. The number of carbonyl (C=O) groups excluding carboxylic acids is 1. The molecule has 23 heavy (non-hydrogen) atoms. The van der Waals surface area contributed by atoms with Crippen LogP contribution in [0.5, 0.6) is 0 Å². The predicted molar refractivity (Wildman–Crippen MR) is 81.2 cm³/mol. The Morgan fingerprint density at radius 3 is 2.52 bits per heavy atom. The van der Waals surface area contributed by atoms with Crippen LogP contribution in [-0.4, -0.2) is 29.4 Å². The molecule has 0 aromatic heterocycles. The van der Waals surface area contributed by atoms with E-state index in [9.17, 15) is 18.0 Å². The van der Waals surface area contributed by atoms with Crippen LogP contribution in [0, 0.1) is 0 Å². The van der Waals surface area contributed by atoms with E-state index < -0.39 is 18.0 Å². The average Bonchev–Trinajstić information content (AvgIpc) is 2.36. The minimum atomic E-state index is -4.49. The van der Waals surface area contributed by atoms with E-state index in [1.54, 1.807) is 50.0 Å². The molecule has 0 unspecified atom stereocenters. The molecule has 0 saturated heterocycles. The highest BCUT2D eigenvalue weighted by Crippen LogP contribution is 2.36. The molecule has 7 heteroatoms. The summed E-state index contributed by atoms with van der Waals surface area (Å²) in [6.07, 6.45) is -4.59. The van der Waals surface area contributed by atoms with Crippen LogP contribution in [0.2, 0.25) is 0 Å². The summed E-state index contributed by atoms with van der Waals surface area (Å²) in [7, 11) is 0. The number of ether oxygens (including phenoxy) is 1. The first-order valence-corrected chi connectivity index (χ1v) is 7.44. The fraction of sp³-hybridized carbons (Fsp3) is 0.562. The second-order valence-corrected chi connectivity index (χ2v) is 6.60. The number of amides is 1. The molecule has 1 N–H and O–H groups in total. The van der Waals surface area contributed by atoms with Crippen molar-refractivity contribution in [1.29, 1.82) is 0 Å². The van der Waals surface area contributed by atoms with Gasteiger partial charge in [0, 0.05) is 12.2 Å². The third kappa shape index (κ3) is 4.30. The molecule has 0 saturated carbocycles. The minimum absolute atomic E-state index is 0.0469. The lowest BCUT2D eigenvalue weighted by atomic mass is 9.92. The Bertz CT molecular complexity index is 594. The van der Waals surface area contributed by atoms with E-state index in [4.69, 9.17) is 4.74 Å². The van der Waals surface area contributed by atoms with Crippen LogP contribution in [0.3, 0.4) is 0 Å². The molecule has 2 rings (SSSR count). The van der Waals surface area contributed by atoms with Gasteiger partial charge >= 0.3 is 12.4 Å². The second kappa shape index (κ2) is 5.94. The lowest BCUT2D eigenvalue weighted by molar-refractivity contribution is -0.100. The zero-order chi connectivity index (χ0) is 17.4. The summed E-state index contributed by atoms with van der Waals surface area (Å²) in [5.74, 6) is 0. The van der Waals surface area contributed by atoms with Gasteiger partial charge in [-0.05, 0) is 51.3 Å². The number of benzene rings is 1. The third-order valence-electron chi connectivity index (χ3n) is 3.64. The smallest absolute Gasteiger partial charge is 0.444 e. The fourth-order valence-corrected chi connectivity index (χ4v) is 2.71. The Balaban J connectivity index is 2.25. The Labute approximate surface area is 133 Å². The summed E-state index contributed by atoms with van der Waals surface area (Å²) in [5.41, 5.74) is 0.732. The summed E-state index contributed by atoms with van der Waals surface area (Å²) >= 11 is 0. The van der Waals surface area contributed by atoms with E-state index in [2.05, 4.69) is 0 Å². The Kier molecular flexibility index (Phi) is 4.50. The van der Waals surface area contributed by atoms with Gasteiger partial charge < -0.3 is 9.64 Å². The van der Waals surface area contributed by atoms with Crippen molar-refractivity contribution in [1.82, 2.24) is 4.90 Å². The highest BCUT2D eigenvalue weighted by Gasteiger charge is 2.34. The van der Waals surface area contributed by atoms with Crippen molar-refractivity contribution in [2.75, 3.05) is 11.9 Å². The zero-order valence-corrected chi connectivity index (χ0v) is 13.6. The molecule has 4 nitrogen and oxygen atoms in total. The summed E-state index contributed by atoms with van der Waals surface area (Å²) in [4.78, 5) is 13.8. The summed E-state index contributed by atoms with van der Waals surface area (Å²) in [6.45, 7) is 7.44. The van der Waals surface area contributed by atoms with Crippen LogP contribution in [0.25, 0.3) is 0 Å². The normalized spacial score (nSPS) is 18.4. The number of nitrogens with one attached hydrogen (secondary N) is 1. The molecule has 128 valence electrons. The summed E-state index contributed by atoms with van der Waals surface area (Å²) in [6, 6.07) is 4.37. The molecule has 1 aliphatic heterocycles. The van der Waals surface area contributed by atoms with E-state index in [0.29, 0.717) is 24.1 Å². The molecule has 1 aliphatic rings. The highest BCUT2D eigenvalue weighted by molar-refractivity contribution is 5.70. The first-order chi connectivity index (χ1) is 10.5. The number of fused-ring (bicyclic) bond motifs is 1. The molecule has 1 atom stereocenters. The number of alkyl halides is 3. The standard InChI is InChI=1S/C16H21F3N2O2/c1-10-11-6-5-7-13(20-16(17,18)19)12(11)8-9-21(10)14(22)23-15(2,3)4/h5-7,10,20H,8-9H2,1-4H3/t10-/m0/s1. The van der Waals surface area contributed by atoms with Crippen LogP contribution < -0.4 is 5.32 Å². The summed E-state index contributed by atoms with van der Waals surface area (Å²) in [5, 5.41) is 1.58. The van der Waals surface area contributed by atoms with Gasteiger partial charge in [0.1, 0.15) is 5.60 Å². The number of rotatable bonds is 1. The number of hydrogen-bond acceptors (Lipinski definition) is 3. The van der Waals surface area contributed by atoms with Gasteiger partial charge in [-0.2, -0.15) is 13.2 Å². The van der Waals surface area contributed by atoms with Crippen LogP contribution in [0.15, 0.2) is 18.2 Å². The van der Waals surface area contributed by atoms with Gasteiger partial charge in [-0.3, -0.25) is 5.32 Å². The van der Waals surface area contributed by atoms with Crippen molar-refractivity contribution >= 4 is 11.8 Å². The second-order valence-electron chi connectivity index (χ2n) is 6.60. The van der Waals surface area contributed by atoms with Gasteiger partial charge in [0.25, 0.3) is 0 Å². The Hall–Kier alpha value is -1.92.